The van der Waals surface area contributed by atoms with Crippen LogP contribution < -0.4 is 20.1 Å². The lowest BCUT2D eigenvalue weighted by atomic mass is 10.2. The zero-order valence-corrected chi connectivity index (χ0v) is 14.5. The van der Waals surface area contributed by atoms with E-state index >= 15 is 0 Å². The second-order valence-electron chi connectivity index (χ2n) is 5.99. The number of carbonyl (C=O) groups excluding carboxylic acids is 1. The van der Waals surface area contributed by atoms with Crippen LogP contribution in [0.2, 0.25) is 0 Å². The Hall–Kier alpha value is -3.61. The van der Waals surface area contributed by atoms with Crippen LogP contribution in [0, 0.1) is 0 Å². The van der Waals surface area contributed by atoms with Gasteiger partial charge in [0, 0.05) is 25.5 Å². The number of anilines is 1. The molecule has 1 aliphatic heterocycles. The SMILES string of the molecule is O=C(NCc1cccnc1)c1cccc(NCc2ccc3c(c2)OCO3)n1. The number of pyridine rings is 2. The quantitative estimate of drug-likeness (QED) is 0.701. The molecule has 7 heteroatoms. The van der Waals surface area contributed by atoms with Crippen molar-refractivity contribution in [2.24, 2.45) is 0 Å². The molecule has 7 nitrogen and oxygen atoms in total. The van der Waals surface area contributed by atoms with Crippen LogP contribution in [-0.4, -0.2) is 22.7 Å². The second-order valence-corrected chi connectivity index (χ2v) is 5.99. The van der Waals surface area contributed by atoms with E-state index in [1.807, 2.05) is 36.4 Å². The highest BCUT2D eigenvalue weighted by Gasteiger charge is 2.13. The van der Waals surface area contributed by atoms with Gasteiger partial charge in [-0.2, -0.15) is 0 Å². The van der Waals surface area contributed by atoms with E-state index in [1.54, 1.807) is 24.5 Å². The van der Waals surface area contributed by atoms with Crippen LogP contribution in [0.1, 0.15) is 21.6 Å². The maximum absolute atomic E-state index is 12.3. The van der Waals surface area contributed by atoms with E-state index in [1.165, 1.54) is 0 Å². The summed E-state index contributed by atoms with van der Waals surface area (Å²) < 4.78 is 10.7. The van der Waals surface area contributed by atoms with Crippen LogP contribution in [0.25, 0.3) is 0 Å². The molecule has 1 aromatic carbocycles. The largest absolute Gasteiger partial charge is 0.454 e. The molecule has 3 aromatic rings. The molecule has 0 aliphatic carbocycles. The first-order chi connectivity index (χ1) is 13.3. The number of hydrogen-bond acceptors (Lipinski definition) is 6. The number of ether oxygens (including phenoxy) is 2. The number of nitrogens with zero attached hydrogens (tertiary/aromatic N) is 2. The topological polar surface area (TPSA) is 85.4 Å². The fraction of sp³-hybridized carbons (Fsp3) is 0.150. The highest BCUT2D eigenvalue weighted by molar-refractivity contribution is 5.92. The molecule has 1 aliphatic rings. The van der Waals surface area contributed by atoms with Crippen LogP contribution in [-0.2, 0) is 13.1 Å². The molecule has 27 heavy (non-hydrogen) atoms. The third-order valence-corrected chi connectivity index (χ3v) is 4.07. The van der Waals surface area contributed by atoms with Gasteiger partial charge in [0.1, 0.15) is 11.5 Å². The van der Waals surface area contributed by atoms with Crippen LogP contribution in [0.5, 0.6) is 11.5 Å². The molecule has 0 saturated carbocycles. The maximum atomic E-state index is 12.3. The van der Waals surface area contributed by atoms with Crippen LogP contribution >= 0.6 is 0 Å². The zero-order valence-electron chi connectivity index (χ0n) is 14.5. The molecule has 4 rings (SSSR count). The summed E-state index contributed by atoms with van der Waals surface area (Å²) in [5.41, 5.74) is 2.32. The first-order valence-electron chi connectivity index (χ1n) is 8.54. The van der Waals surface area contributed by atoms with Crippen molar-refractivity contribution >= 4 is 11.7 Å². The third kappa shape index (κ3) is 4.14. The lowest BCUT2D eigenvalue weighted by Gasteiger charge is -2.09. The lowest BCUT2D eigenvalue weighted by Crippen LogP contribution is -2.24. The normalized spacial score (nSPS) is 11.9. The Morgan fingerprint density at radius 1 is 1.00 bits per heavy atom. The highest BCUT2D eigenvalue weighted by atomic mass is 16.7. The fourth-order valence-corrected chi connectivity index (χ4v) is 2.68. The maximum Gasteiger partial charge on any atom is 0.270 e. The lowest BCUT2D eigenvalue weighted by molar-refractivity contribution is 0.0946. The van der Waals surface area contributed by atoms with Crippen LogP contribution in [0.4, 0.5) is 5.82 Å². The summed E-state index contributed by atoms with van der Waals surface area (Å²) in [6, 6.07) is 14.8. The molecule has 1 amide bonds. The van der Waals surface area contributed by atoms with Crippen LogP contribution in [0.15, 0.2) is 60.9 Å². The van der Waals surface area contributed by atoms with E-state index in [0.29, 0.717) is 24.6 Å². The summed E-state index contributed by atoms with van der Waals surface area (Å²) in [5.74, 6) is 1.89. The minimum absolute atomic E-state index is 0.231. The van der Waals surface area contributed by atoms with Gasteiger partial charge in [-0.3, -0.25) is 9.78 Å². The van der Waals surface area contributed by atoms with Gasteiger partial charge >= 0.3 is 0 Å². The minimum Gasteiger partial charge on any atom is -0.454 e. The van der Waals surface area contributed by atoms with E-state index in [4.69, 9.17) is 9.47 Å². The summed E-state index contributed by atoms with van der Waals surface area (Å²) >= 11 is 0. The molecule has 0 fully saturated rings. The first-order valence-corrected chi connectivity index (χ1v) is 8.54. The summed E-state index contributed by atoms with van der Waals surface area (Å²) in [6.45, 7) is 1.22. The zero-order chi connectivity index (χ0) is 18.5. The molecule has 0 saturated heterocycles. The number of nitrogens with one attached hydrogen (secondary N) is 2. The van der Waals surface area contributed by atoms with Crippen LogP contribution in [0.3, 0.4) is 0 Å². The molecule has 0 bridgehead atoms. The Bertz CT molecular complexity index is 947. The summed E-state index contributed by atoms with van der Waals surface area (Å²) in [5, 5.41) is 6.07. The van der Waals surface area contributed by atoms with Gasteiger partial charge in [-0.1, -0.05) is 18.2 Å². The molecule has 0 unspecified atom stereocenters. The standard InChI is InChI=1S/C20H18N4O3/c25-20(23-12-15-3-2-8-21-10-15)16-4-1-5-19(24-16)22-11-14-6-7-17-18(9-14)27-13-26-17/h1-10H,11-13H2,(H,22,24)(H,23,25). The van der Waals surface area contributed by atoms with E-state index in [-0.39, 0.29) is 12.7 Å². The molecule has 3 heterocycles. The summed E-state index contributed by atoms with van der Waals surface area (Å²) in [4.78, 5) is 20.7. The Morgan fingerprint density at radius 3 is 2.81 bits per heavy atom. The van der Waals surface area contributed by atoms with Gasteiger partial charge in [0.25, 0.3) is 5.91 Å². The monoisotopic (exact) mass is 362 g/mol. The number of hydrogen-bond donors (Lipinski definition) is 2. The number of aromatic nitrogens is 2. The van der Waals surface area contributed by atoms with Crippen molar-refractivity contribution < 1.29 is 14.3 Å². The highest BCUT2D eigenvalue weighted by Crippen LogP contribution is 2.32. The Morgan fingerprint density at radius 2 is 1.93 bits per heavy atom. The van der Waals surface area contributed by atoms with Crippen molar-refractivity contribution in [3.63, 3.8) is 0 Å². The number of benzene rings is 1. The Balaban J connectivity index is 1.36. The van der Waals surface area contributed by atoms with Crippen molar-refractivity contribution in [2.75, 3.05) is 12.1 Å². The first kappa shape index (κ1) is 16.8. The van der Waals surface area contributed by atoms with E-state index in [0.717, 1.165) is 22.6 Å². The molecule has 2 N–H and O–H groups in total. The second kappa shape index (κ2) is 7.74. The van der Waals surface area contributed by atoms with Crippen molar-refractivity contribution in [1.82, 2.24) is 15.3 Å². The summed E-state index contributed by atoms with van der Waals surface area (Å²) in [6.07, 6.45) is 3.42. The molecule has 136 valence electrons. The van der Waals surface area contributed by atoms with Gasteiger partial charge in [0.2, 0.25) is 6.79 Å². The molecular weight excluding hydrogens is 344 g/mol. The Labute approximate surface area is 156 Å². The average Bonchev–Trinajstić information content (AvgIpc) is 3.19. The number of carbonyl (C=O) groups is 1. The predicted octanol–water partition coefficient (Wildman–Crippen LogP) is 2.75. The van der Waals surface area contributed by atoms with E-state index in [9.17, 15) is 4.79 Å². The number of rotatable bonds is 6. The molecular formula is C20H18N4O3. The minimum atomic E-state index is -0.231. The van der Waals surface area contributed by atoms with Crippen molar-refractivity contribution in [3.8, 4) is 11.5 Å². The average molecular weight is 362 g/mol. The van der Waals surface area contributed by atoms with E-state index in [2.05, 4.69) is 20.6 Å². The fourth-order valence-electron chi connectivity index (χ4n) is 2.68. The van der Waals surface area contributed by atoms with Gasteiger partial charge in [0.05, 0.1) is 0 Å². The van der Waals surface area contributed by atoms with Gasteiger partial charge in [-0.15, -0.1) is 0 Å². The molecule has 0 atom stereocenters. The predicted molar refractivity (Wildman–Crippen MR) is 99.5 cm³/mol. The van der Waals surface area contributed by atoms with Crippen molar-refractivity contribution in [3.05, 3.63) is 77.7 Å². The van der Waals surface area contributed by atoms with Gasteiger partial charge < -0.3 is 20.1 Å². The molecule has 0 spiro atoms. The molecule has 2 aromatic heterocycles. The van der Waals surface area contributed by atoms with Gasteiger partial charge in [-0.25, -0.2) is 4.98 Å². The van der Waals surface area contributed by atoms with Gasteiger partial charge in [0.15, 0.2) is 11.5 Å². The van der Waals surface area contributed by atoms with E-state index < -0.39 is 0 Å². The third-order valence-electron chi connectivity index (χ3n) is 4.07. The van der Waals surface area contributed by atoms with Gasteiger partial charge in [-0.05, 0) is 41.5 Å². The number of fused-ring (bicyclic) bond motifs is 1. The number of amides is 1. The molecule has 0 radical (unpaired) electrons. The van der Waals surface area contributed by atoms with Crippen molar-refractivity contribution in [2.45, 2.75) is 13.1 Å². The summed E-state index contributed by atoms with van der Waals surface area (Å²) in [7, 11) is 0. The Kier molecular flexibility index (Phi) is 4.82. The smallest absolute Gasteiger partial charge is 0.270 e. The van der Waals surface area contributed by atoms with Crippen molar-refractivity contribution in [1.29, 1.82) is 0 Å².